The molecule has 2 aromatic carbocycles. The number of anilines is 1. The van der Waals surface area contributed by atoms with E-state index >= 15 is 0 Å². The van der Waals surface area contributed by atoms with Gasteiger partial charge in [-0.05, 0) is 80.6 Å². The number of nitrogens with one attached hydrogen (secondary N) is 6. The van der Waals surface area contributed by atoms with E-state index in [2.05, 4.69) is 31.9 Å². The summed E-state index contributed by atoms with van der Waals surface area (Å²) in [5, 5.41) is 18.2. The van der Waals surface area contributed by atoms with Crippen LogP contribution in [0.15, 0.2) is 60.7 Å². The molecule has 6 N–H and O–H groups in total. The summed E-state index contributed by atoms with van der Waals surface area (Å²) in [6, 6.07) is 14.7. The molecule has 0 spiro atoms. The number of unbranched alkanes of at least 4 members (excludes halogenated alkanes) is 1. The smallest absolute Gasteiger partial charge is 0.315 e. The summed E-state index contributed by atoms with van der Waals surface area (Å²) in [7, 11) is 0. The Morgan fingerprint density at radius 3 is 1.65 bits per heavy atom. The lowest BCUT2D eigenvalue weighted by Gasteiger charge is -2.16. The number of amides is 7. The molecular formula is C54H79N7O15S. The number of imide groups is 1. The van der Waals surface area contributed by atoms with Crippen LogP contribution in [0.3, 0.4) is 0 Å². The molecule has 23 heteroatoms. The number of carbonyl (C=O) groups is 7. The standard InChI is InChI=1S/C54H79N7O15S/c62-47(7-2-1-6-46-52-45(40-77-46)59-54(68)60-52)58-23-29-72-33-37-75-39-38-74-36-32-71-28-19-49(64)57-22-5-27-76-44-14-10-42(11-15-44)53(67)41-8-12-43(13-9-41)55-20-3-25-69-30-34-73-35-31-70-26-4-21-56-48(63)18-24-61-50(65)16-17-51(61)66/h8-17,45-46,52,55H,1-7,18-40H2,(H,56,63)(H,57,64)(H,58,62)(H2,59,60,68). The van der Waals surface area contributed by atoms with Gasteiger partial charge in [0.15, 0.2) is 5.78 Å². The molecule has 0 aromatic heterocycles. The molecule has 0 aliphatic carbocycles. The van der Waals surface area contributed by atoms with Crippen LogP contribution in [0.1, 0.15) is 73.7 Å². The number of carbonyl (C=O) groups excluding carboxylic acids is 7. The van der Waals surface area contributed by atoms with Gasteiger partial charge in [-0.15, -0.1) is 0 Å². The Labute approximate surface area is 455 Å². The summed E-state index contributed by atoms with van der Waals surface area (Å²) in [6.45, 7) is 8.49. The van der Waals surface area contributed by atoms with Gasteiger partial charge < -0.3 is 69.8 Å². The molecule has 2 aromatic rings. The molecule has 77 heavy (non-hydrogen) atoms. The Hall–Kier alpha value is -5.66. The van der Waals surface area contributed by atoms with Crippen molar-refractivity contribution in [1.29, 1.82) is 0 Å². The van der Waals surface area contributed by atoms with E-state index in [1.54, 1.807) is 36.4 Å². The fourth-order valence-electron chi connectivity index (χ4n) is 8.04. The van der Waals surface area contributed by atoms with Gasteiger partial charge in [0.25, 0.3) is 11.8 Å². The zero-order valence-corrected chi connectivity index (χ0v) is 45.0. The third-order valence-corrected chi connectivity index (χ3v) is 13.7. The molecule has 0 bridgehead atoms. The van der Waals surface area contributed by atoms with E-state index in [0.717, 1.165) is 42.0 Å². The molecule has 3 aliphatic heterocycles. The summed E-state index contributed by atoms with van der Waals surface area (Å²) >= 11 is 1.89. The maximum Gasteiger partial charge on any atom is 0.315 e. The van der Waals surface area contributed by atoms with Crippen molar-refractivity contribution in [3.05, 3.63) is 71.8 Å². The largest absolute Gasteiger partial charge is 0.494 e. The van der Waals surface area contributed by atoms with Crippen LogP contribution >= 0.6 is 11.8 Å². The number of thioether (sulfide) groups is 1. The minimum atomic E-state index is -0.396. The van der Waals surface area contributed by atoms with Crippen molar-refractivity contribution in [3.63, 3.8) is 0 Å². The summed E-state index contributed by atoms with van der Waals surface area (Å²) in [5.74, 6) is 0.382. The highest BCUT2D eigenvalue weighted by molar-refractivity contribution is 8.00. The molecule has 5 rings (SSSR count). The molecule has 0 radical (unpaired) electrons. The first-order valence-electron chi connectivity index (χ1n) is 26.8. The summed E-state index contributed by atoms with van der Waals surface area (Å²) in [6.07, 6.45) is 7.99. The van der Waals surface area contributed by atoms with Gasteiger partial charge in [-0.3, -0.25) is 33.7 Å². The van der Waals surface area contributed by atoms with Crippen LogP contribution in [0.4, 0.5) is 10.5 Å². The number of ketones is 1. The number of ether oxygens (including phenoxy) is 8. The maximum atomic E-state index is 13.1. The molecule has 3 atom stereocenters. The van der Waals surface area contributed by atoms with Gasteiger partial charge in [-0.25, -0.2) is 4.79 Å². The highest BCUT2D eigenvalue weighted by Crippen LogP contribution is 2.33. The van der Waals surface area contributed by atoms with Crippen LogP contribution in [-0.4, -0.2) is 201 Å². The Balaban J connectivity index is 0.726. The molecule has 3 aliphatic rings. The molecule has 2 saturated heterocycles. The lowest BCUT2D eigenvalue weighted by atomic mass is 10.0. The van der Waals surface area contributed by atoms with E-state index in [0.29, 0.717) is 160 Å². The number of fused-ring (bicyclic) bond motifs is 1. The Morgan fingerprint density at radius 1 is 0.519 bits per heavy atom. The van der Waals surface area contributed by atoms with Crippen molar-refractivity contribution >= 4 is 58.8 Å². The van der Waals surface area contributed by atoms with Crippen LogP contribution in [0.2, 0.25) is 0 Å². The SMILES string of the molecule is O=C(CCCCC1SCC2NC(=O)NC21)NCCOCCOCCOCCOCCC(=O)NCCCOc1ccc(C(=O)c2ccc(NCCCOCCOCCOCCCNC(=O)CCN3C(=O)C=CC3=O)cc2)cc1. The van der Waals surface area contributed by atoms with E-state index < -0.39 is 11.8 Å². The van der Waals surface area contributed by atoms with E-state index in [-0.39, 0.29) is 67.6 Å². The molecule has 7 amide bonds. The average molecular weight is 1100 g/mol. The van der Waals surface area contributed by atoms with E-state index in [1.165, 1.54) is 12.2 Å². The van der Waals surface area contributed by atoms with E-state index in [4.69, 9.17) is 37.9 Å². The topological polar surface area (TPSA) is 269 Å². The minimum Gasteiger partial charge on any atom is -0.494 e. The lowest BCUT2D eigenvalue weighted by molar-refractivity contribution is -0.137. The van der Waals surface area contributed by atoms with Crippen molar-refractivity contribution in [1.82, 2.24) is 31.5 Å². The number of nitrogens with zero attached hydrogens (tertiary/aromatic N) is 1. The summed E-state index contributed by atoms with van der Waals surface area (Å²) in [4.78, 5) is 84.9. The molecule has 0 saturated carbocycles. The van der Waals surface area contributed by atoms with Crippen LogP contribution in [-0.2, 0) is 57.1 Å². The molecule has 22 nitrogen and oxygen atoms in total. The van der Waals surface area contributed by atoms with Crippen LogP contribution in [0, 0.1) is 0 Å². The van der Waals surface area contributed by atoms with Crippen molar-refractivity contribution in [3.8, 4) is 5.75 Å². The highest BCUT2D eigenvalue weighted by Gasteiger charge is 2.42. The Kier molecular flexibility index (Phi) is 30.7. The quantitative estimate of drug-likeness (QED) is 0.0241. The van der Waals surface area contributed by atoms with Gasteiger partial charge in [0.05, 0.1) is 98.0 Å². The van der Waals surface area contributed by atoms with Crippen molar-refractivity contribution < 1.29 is 71.5 Å². The first-order chi connectivity index (χ1) is 37.7. The fourth-order valence-corrected chi connectivity index (χ4v) is 9.59. The van der Waals surface area contributed by atoms with E-state index in [1.807, 2.05) is 23.9 Å². The molecular weight excluding hydrogens is 1020 g/mol. The predicted octanol–water partition coefficient (Wildman–Crippen LogP) is 2.77. The van der Waals surface area contributed by atoms with Crippen LogP contribution in [0.5, 0.6) is 5.75 Å². The zero-order chi connectivity index (χ0) is 54.6. The summed E-state index contributed by atoms with van der Waals surface area (Å²) in [5.41, 5.74) is 2.03. The minimum absolute atomic E-state index is 0.0215. The lowest BCUT2D eigenvalue weighted by Crippen LogP contribution is -2.36. The number of hydrogen-bond acceptors (Lipinski definition) is 17. The maximum absolute atomic E-state index is 13.1. The van der Waals surface area contributed by atoms with Gasteiger partial charge in [0.2, 0.25) is 17.7 Å². The molecule has 426 valence electrons. The first kappa shape index (κ1) is 62.2. The normalized spacial score (nSPS) is 16.5. The van der Waals surface area contributed by atoms with E-state index in [9.17, 15) is 33.6 Å². The molecule has 3 heterocycles. The Bertz CT molecular complexity index is 2100. The second-order valence-electron chi connectivity index (χ2n) is 18.1. The van der Waals surface area contributed by atoms with Gasteiger partial charge >= 0.3 is 6.03 Å². The third kappa shape index (κ3) is 26.0. The number of urea groups is 1. The zero-order valence-electron chi connectivity index (χ0n) is 44.2. The molecule has 2 fully saturated rings. The molecule has 3 unspecified atom stereocenters. The average Bonchev–Trinajstić information content (AvgIpc) is 4.12. The monoisotopic (exact) mass is 1100 g/mol. The Morgan fingerprint density at radius 2 is 1.03 bits per heavy atom. The summed E-state index contributed by atoms with van der Waals surface area (Å²) < 4.78 is 44.6. The first-order valence-corrected chi connectivity index (χ1v) is 27.9. The number of benzene rings is 2. The van der Waals surface area contributed by atoms with Crippen molar-refractivity contribution in [2.45, 2.75) is 75.1 Å². The van der Waals surface area contributed by atoms with Gasteiger partial charge in [-0.2, -0.15) is 11.8 Å². The third-order valence-electron chi connectivity index (χ3n) is 12.2. The van der Waals surface area contributed by atoms with Crippen LogP contribution in [0.25, 0.3) is 0 Å². The van der Waals surface area contributed by atoms with Gasteiger partial charge in [-0.1, -0.05) is 6.42 Å². The van der Waals surface area contributed by atoms with Crippen molar-refractivity contribution in [2.75, 3.05) is 143 Å². The number of hydrogen-bond donors (Lipinski definition) is 6. The highest BCUT2D eigenvalue weighted by atomic mass is 32.2. The van der Waals surface area contributed by atoms with Crippen LogP contribution < -0.4 is 36.6 Å². The second kappa shape index (κ2) is 38.0. The van der Waals surface area contributed by atoms with Gasteiger partial charge in [0.1, 0.15) is 5.75 Å². The number of rotatable bonds is 45. The van der Waals surface area contributed by atoms with Crippen molar-refractivity contribution in [2.24, 2.45) is 0 Å². The predicted molar refractivity (Wildman–Crippen MR) is 288 cm³/mol. The van der Waals surface area contributed by atoms with Gasteiger partial charge in [0, 0.05) is 105 Å². The second-order valence-corrected chi connectivity index (χ2v) is 19.4. The fraction of sp³-hybridized carbons (Fsp3) is 0.611.